The number of phenolic OH excluding ortho intramolecular Hbond substituents is 2. The first-order valence-corrected chi connectivity index (χ1v) is 5.82. The second-order valence-corrected chi connectivity index (χ2v) is 4.68. The van der Waals surface area contributed by atoms with Crippen LogP contribution in [-0.4, -0.2) is 14.4 Å². The van der Waals surface area contributed by atoms with Crippen molar-refractivity contribution in [2.24, 2.45) is 0 Å². The quantitative estimate of drug-likeness (QED) is 0.838. The average Bonchev–Trinajstić information content (AvgIpc) is 2.29. The third kappa shape index (κ3) is 2.06. The number of hydrogen-bond donors (Lipinski definition) is 2. The summed E-state index contributed by atoms with van der Waals surface area (Å²) in [6.07, 6.45) is 0. The summed E-state index contributed by atoms with van der Waals surface area (Å²) < 4.78 is 12.1. The van der Waals surface area contributed by atoms with Gasteiger partial charge >= 0.3 is 0 Å². The molecule has 16 heavy (non-hydrogen) atoms. The maximum absolute atomic E-state index is 12.1. The number of para-hydroxylation sites is 1. The normalized spacial score (nSPS) is 12.2. The van der Waals surface area contributed by atoms with Gasteiger partial charge in [-0.05, 0) is 30.3 Å². The van der Waals surface area contributed by atoms with Gasteiger partial charge < -0.3 is 10.2 Å². The topological polar surface area (TPSA) is 57.5 Å². The molecule has 2 aromatic carbocycles. The van der Waals surface area contributed by atoms with Crippen LogP contribution in [0.4, 0.5) is 0 Å². The van der Waals surface area contributed by atoms with Crippen LogP contribution in [0.3, 0.4) is 0 Å². The Morgan fingerprint density at radius 2 is 1.69 bits per heavy atom. The van der Waals surface area contributed by atoms with Crippen molar-refractivity contribution in [3.05, 3.63) is 48.5 Å². The number of aromatic hydroxyl groups is 2. The molecule has 0 bridgehead atoms. The van der Waals surface area contributed by atoms with E-state index in [2.05, 4.69) is 0 Å². The van der Waals surface area contributed by atoms with Crippen LogP contribution in [-0.2, 0) is 10.8 Å². The molecule has 0 fully saturated rings. The van der Waals surface area contributed by atoms with Gasteiger partial charge in [-0.3, -0.25) is 0 Å². The Kier molecular flexibility index (Phi) is 2.92. The highest BCUT2D eigenvalue weighted by molar-refractivity contribution is 7.85. The second-order valence-electron chi connectivity index (χ2n) is 3.23. The molecule has 0 aliphatic carbocycles. The van der Waals surface area contributed by atoms with E-state index in [1.54, 1.807) is 30.3 Å². The van der Waals surface area contributed by atoms with Crippen molar-refractivity contribution in [1.29, 1.82) is 0 Å². The molecule has 0 aromatic heterocycles. The van der Waals surface area contributed by atoms with Crippen LogP contribution in [0, 0.1) is 0 Å². The van der Waals surface area contributed by atoms with E-state index in [0.717, 1.165) is 0 Å². The minimum atomic E-state index is -1.48. The van der Waals surface area contributed by atoms with Gasteiger partial charge in [0, 0.05) is 4.90 Å². The molecule has 0 radical (unpaired) electrons. The fourth-order valence-corrected chi connectivity index (χ4v) is 2.48. The first-order valence-electron chi connectivity index (χ1n) is 4.67. The molecule has 0 aliphatic heterocycles. The van der Waals surface area contributed by atoms with Crippen molar-refractivity contribution in [3.63, 3.8) is 0 Å². The van der Waals surface area contributed by atoms with Gasteiger partial charge in [0.15, 0.2) is 0 Å². The third-order valence-electron chi connectivity index (χ3n) is 2.10. The van der Waals surface area contributed by atoms with Crippen LogP contribution in [0.1, 0.15) is 0 Å². The number of rotatable bonds is 2. The lowest BCUT2D eigenvalue weighted by Gasteiger charge is -2.04. The van der Waals surface area contributed by atoms with Gasteiger partial charge in [0.25, 0.3) is 0 Å². The van der Waals surface area contributed by atoms with Crippen molar-refractivity contribution >= 4 is 10.8 Å². The molecule has 1 unspecified atom stereocenters. The summed E-state index contributed by atoms with van der Waals surface area (Å²) in [5, 5.41) is 18.8. The summed E-state index contributed by atoms with van der Waals surface area (Å²) in [5.74, 6) is 0.0467. The van der Waals surface area contributed by atoms with Gasteiger partial charge in [-0.2, -0.15) is 0 Å². The fourth-order valence-electron chi connectivity index (χ4n) is 1.34. The summed E-state index contributed by atoms with van der Waals surface area (Å²) in [5.41, 5.74) is 0. The zero-order valence-corrected chi connectivity index (χ0v) is 9.15. The van der Waals surface area contributed by atoms with Crippen molar-refractivity contribution in [2.75, 3.05) is 0 Å². The van der Waals surface area contributed by atoms with E-state index in [1.165, 1.54) is 18.2 Å². The van der Waals surface area contributed by atoms with E-state index >= 15 is 0 Å². The minimum Gasteiger partial charge on any atom is -0.508 e. The number of benzene rings is 2. The number of hydrogen-bond acceptors (Lipinski definition) is 3. The van der Waals surface area contributed by atoms with Crippen LogP contribution in [0.25, 0.3) is 0 Å². The Hall–Kier alpha value is -1.81. The largest absolute Gasteiger partial charge is 0.508 e. The van der Waals surface area contributed by atoms with E-state index in [9.17, 15) is 14.4 Å². The molecular weight excluding hydrogens is 224 g/mol. The van der Waals surface area contributed by atoms with Gasteiger partial charge in [0.2, 0.25) is 0 Å². The SMILES string of the molecule is O=S(c1cccc(O)c1)c1ccccc1O. The summed E-state index contributed by atoms with van der Waals surface area (Å²) in [7, 11) is -1.48. The average molecular weight is 234 g/mol. The lowest BCUT2D eigenvalue weighted by atomic mass is 10.3. The fraction of sp³-hybridized carbons (Fsp3) is 0. The van der Waals surface area contributed by atoms with Crippen LogP contribution < -0.4 is 0 Å². The predicted octanol–water partition coefficient (Wildman–Crippen LogP) is 2.26. The molecule has 2 rings (SSSR count). The Morgan fingerprint density at radius 3 is 2.38 bits per heavy atom. The molecule has 1 atom stereocenters. The van der Waals surface area contributed by atoms with Crippen LogP contribution >= 0.6 is 0 Å². The highest BCUT2D eigenvalue weighted by Crippen LogP contribution is 2.26. The molecule has 4 heteroatoms. The number of phenols is 2. The van der Waals surface area contributed by atoms with Crippen molar-refractivity contribution in [3.8, 4) is 11.5 Å². The Labute approximate surface area is 95.5 Å². The maximum Gasteiger partial charge on any atom is 0.132 e. The van der Waals surface area contributed by atoms with Gasteiger partial charge in [-0.25, -0.2) is 4.21 Å². The van der Waals surface area contributed by atoms with Crippen molar-refractivity contribution in [1.82, 2.24) is 0 Å². The molecule has 2 aromatic rings. The van der Waals surface area contributed by atoms with Crippen molar-refractivity contribution in [2.45, 2.75) is 9.79 Å². The molecular formula is C12H10O3S. The maximum atomic E-state index is 12.1. The zero-order chi connectivity index (χ0) is 11.5. The molecule has 0 saturated heterocycles. The van der Waals surface area contributed by atoms with Gasteiger partial charge in [0.05, 0.1) is 15.7 Å². The molecule has 2 N–H and O–H groups in total. The van der Waals surface area contributed by atoms with E-state index in [1.807, 2.05) is 0 Å². The summed E-state index contributed by atoms with van der Waals surface area (Å²) in [6.45, 7) is 0. The smallest absolute Gasteiger partial charge is 0.132 e. The van der Waals surface area contributed by atoms with Crippen LogP contribution in [0.15, 0.2) is 58.3 Å². The third-order valence-corrected chi connectivity index (χ3v) is 3.52. The predicted molar refractivity (Wildman–Crippen MR) is 60.9 cm³/mol. The first kappa shape index (κ1) is 10.7. The van der Waals surface area contributed by atoms with Crippen LogP contribution in [0.5, 0.6) is 11.5 Å². The van der Waals surface area contributed by atoms with E-state index in [4.69, 9.17) is 0 Å². The highest BCUT2D eigenvalue weighted by Gasteiger charge is 2.11. The summed E-state index contributed by atoms with van der Waals surface area (Å²) >= 11 is 0. The molecule has 0 spiro atoms. The molecule has 0 amide bonds. The Bertz CT molecular complexity index is 537. The molecule has 0 aliphatic rings. The molecule has 0 heterocycles. The lowest BCUT2D eigenvalue weighted by molar-refractivity contribution is 0.461. The monoisotopic (exact) mass is 234 g/mol. The second kappa shape index (κ2) is 4.37. The summed E-state index contributed by atoms with van der Waals surface area (Å²) in [4.78, 5) is 0.801. The van der Waals surface area contributed by atoms with E-state index in [0.29, 0.717) is 9.79 Å². The van der Waals surface area contributed by atoms with Crippen molar-refractivity contribution < 1.29 is 14.4 Å². The van der Waals surface area contributed by atoms with Gasteiger partial charge in [0.1, 0.15) is 11.5 Å². The first-order chi connectivity index (χ1) is 7.68. The highest BCUT2D eigenvalue weighted by atomic mass is 32.2. The van der Waals surface area contributed by atoms with Crippen LogP contribution in [0.2, 0.25) is 0 Å². The molecule has 0 saturated carbocycles. The molecule has 82 valence electrons. The summed E-state index contributed by atoms with van der Waals surface area (Å²) in [6, 6.07) is 12.6. The molecule has 3 nitrogen and oxygen atoms in total. The van der Waals surface area contributed by atoms with Gasteiger partial charge in [-0.15, -0.1) is 0 Å². The zero-order valence-electron chi connectivity index (χ0n) is 8.33. The Balaban J connectivity index is 2.44. The van der Waals surface area contributed by atoms with E-state index < -0.39 is 10.8 Å². The standard InChI is InChI=1S/C12H10O3S/c13-9-4-3-5-10(8-9)16(15)12-7-2-1-6-11(12)14/h1-8,13-14H. The minimum absolute atomic E-state index is 0.0100. The lowest BCUT2D eigenvalue weighted by Crippen LogP contribution is -1.92. The Morgan fingerprint density at radius 1 is 0.938 bits per heavy atom. The van der Waals surface area contributed by atoms with Gasteiger partial charge in [-0.1, -0.05) is 18.2 Å². The van der Waals surface area contributed by atoms with E-state index in [-0.39, 0.29) is 11.5 Å².